The van der Waals surface area contributed by atoms with E-state index in [2.05, 4.69) is 29.8 Å². The van der Waals surface area contributed by atoms with Gasteiger partial charge in [0.1, 0.15) is 6.04 Å². The Morgan fingerprint density at radius 2 is 2.07 bits per heavy atom. The first kappa shape index (κ1) is 19.1. The lowest BCUT2D eigenvalue weighted by atomic mass is 9.97. The van der Waals surface area contributed by atoms with Crippen LogP contribution in [0.4, 0.5) is 0 Å². The second-order valence-electron chi connectivity index (χ2n) is 8.81. The van der Waals surface area contributed by atoms with Crippen LogP contribution in [0.3, 0.4) is 0 Å². The van der Waals surface area contributed by atoms with E-state index in [1.807, 2.05) is 18.2 Å². The van der Waals surface area contributed by atoms with Gasteiger partial charge in [-0.05, 0) is 62.9 Å². The molecule has 2 atom stereocenters. The van der Waals surface area contributed by atoms with Crippen LogP contribution in [0, 0.1) is 5.92 Å². The minimum atomic E-state index is -0.565. The van der Waals surface area contributed by atoms with Crippen LogP contribution in [-0.4, -0.2) is 47.3 Å². The van der Waals surface area contributed by atoms with Crippen LogP contribution in [0.2, 0.25) is 0 Å². The monoisotopic (exact) mass is 384 g/mol. The standard InChI is InChI=1S/C21H28N4O3/c1-21(2)8-13(10-23-21)9-22-11-14-4-3-5-15-16(14)12-25(20(15)28)17-6-7-18(26)24-19(17)27/h3-5,13,17,22-23H,6-12H2,1-2H3,(H,24,26,27). The van der Waals surface area contributed by atoms with Crippen molar-refractivity contribution in [3.8, 4) is 0 Å². The minimum Gasteiger partial charge on any atom is -0.322 e. The summed E-state index contributed by atoms with van der Waals surface area (Å²) in [5.74, 6) is -0.144. The van der Waals surface area contributed by atoms with E-state index in [4.69, 9.17) is 0 Å². The quantitative estimate of drug-likeness (QED) is 0.657. The van der Waals surface area contributed by atoms with Crippen molar-refractivity contribution in [2.45, 2.75) is 57.8 Å². The van der Waals surface area contributed by atoms with Crippen molar-refractivity contribution in [3.63, 3.8) is 0 Å². The Labute approximate surface area is 165 Å². The summed E-state index contributed by atoms with van der Waals surface area (Å²) in [5.41, 5.74) is 2.97. The molecule has 3 N–H and O–H groups in total. The molecule has 0 saturated carbocycles. The lowest BCUT2D eigenvalue weighted by Gasteiger charge is -2.29. The summed E-state index contributed by atoms with van der Waals surface area (Å²) < 4.78 is 0. The molecule has 1 aromatic carbocycles. The second kappa shape index (κ2) is 7.29. The van der Waals surface area contributed by atoms with E-state index < -0.39 is 6.04 Å². The first-order valence-corrected chi connectivity index (χ1v) is 10.1. The number of fused-ring (bicyclic) bond motifs is 1. The van der Waals surface area contributed by atoms with Crippen molar-refractivity contribution in [1.29, 1.82) is 0 Å². The van der Waals surface area contributed by atoms with E-state index in [9.17, 15) is 14.4 Å². The highest BCUT2D eigenvalue weighted by Crippen LogP contribution is 2.30. The smallest absolute Gasteiger partial charge is 0.255 e. The molecule has 0 bridgehead atoms. The van der Waals surface area contributed by atoms with Gasteiger partial charge in [0.05, 0.1) is 0 Å². The van der Waals surface area contributed by atoms with Crippen LogP contribution in [0.1, 0.15) is 54.6 Å². The predicted molar refractivity (Wildman–Crippen MR) is 104 cm³/mol. The number of nitrogens with one attached hydrogen (secondary N) is 3. The fraction of sp³-hybridized carbons (Fsp3) is 0.571. The van der Waals surface area contributed by atoms with Gasteiger partial charge in [0.15, 0.2) is 0 Å². The van der Waals surface area contributed by atoms with E-state index in [0.717, 1.165) is 30.6 Å². The van der Waals surface area contributed by atoms with Gasteiger partial charge in [0.2, 0.25) is 11.8 Å². The number of carbonyl (C=O) groups excluding carboxylic acids is 3. The molecule has 7 nitrogen and oxygen atoms in total. The normalized spacial score (nSPS) is 26.5. The molecule has 3 heterocycles. The zero-order valence-corrected chi connectivity index (χ0v) is 16.5. The van der Waals surface area contributed by atoms with E-state index >= 15 is 0 Å². The van der Waals surface area contributed by atoms with Gasteiger partial charge in [0, 0.05) is 30.6 Å². The van der Waals surface area contributed by atoms with Gasteiger partial charge in [0.25, 0.3) is 5.91 Å². The summed E-state index contributed by atoms with van der Waals surface area (Å²) in [5, 5.41) is 9.43. The zero-order valence-electron chi connectivity index (χ0n) is 16.5. The van der Waals surface area contributed by atoms with E-state index in [0.29, 0.717) is 31.0 Å². The molecule has 4 rings (SSSR count). The SMILES string of the molecule is CC1(C)CC(CNCc2cccc3c2CN(C2CCC(=O)NC2=O)C3=O)CN1. The van der Waals surface area contributed by atoms with Crippen LogP contribution in [0.25, 0.3) is 0 Å². The third-order valence-corrected chi connectivity index (χ3v) is 6.10. The highest BCUT2D eigenvalue weighted by atomic mass is 16.2. The molecule has 0 spiro atoms. The molecule has 2 fully saturated rings. The van der Waals surface area contributed by atoms with Gasteiger partial charge in [-0.25, -0.2) is 0 Å². The van der Waals surface area contributed by atoms with Crippen LogP contribution in [0.5, 0.6) is 0 Å². The molecule has 3 amide bonds. The molecule has 2 unspecified atom stereocenters. The van der Waals surface area contributed by atoms with Crippen LogP contribution < -0.4 is 16.0 Å². The molecule has 7 heteroatoms. The van der Waals surface area contributed by atoms with Crippen molar-refractivity contribution < 1.29 is 14.4 Å². The number of amides is 3. The second-order valence-corrected chi connectivity index (χ2v) is 8.81. The van der Waals surface area contributed by atoms with Crippen LogP contribution >= 0.6 is 0 Å². The van der Waals surface area contributed by atoms with Crippen molar-refractivity contribution in [3.05, 3.63) is 34.9 Å². The Morgan fingerprint density at radius 1 is 1.25 bits per heavy atom. The topological polar surface area (TPSA) is 90.5 Å². The van der Waals surface area contributed by atoms with Crippen LogP contribution in [0.15, 0.2) is 18.2 Å². The Balaban J connectivity index is 1.41. The molecule has 150 valence electrons. The summed E-state index contributed by atoms with van der Waals surface area (Å²) in [7, 11) is 0. The van der Waals surface area contributed by atoms with Gasteiger partial charge in [-0.3, -0.25) is 19.7 Å². The number of hydrogen-bond donors (Lipinski definition) is 3. The third-order valence-electron chi connectivity index (χ3n) is 6.10. The number of nitrogens with zero attached hydrogens (tertiary/aromatic N) is 1. The van der Waals surface area contributed by atoms with Crippen molar-refractivity contribution in [2.24, 2.45) is 5.92 Å². The molecule has 2 saturated heterocycles. The summed E-state index contributed by atoms with van der Waals surface area (Å²) in [6.07, 6.45) is 1.81. The van der Waals surface area contributed by atoms with Crippen molar-refractivity contribution in [2.75, 3.05) is 13.1 Å². The average molecular weight is 384 g/mol. The maximum atomic E-state index is 12.9. The number of imide groups is 1. The van der Waals surface area contributed by atoms with Gasteiger partial charge >= 0.3 is 0 Å². The molecular weight excluding hydrogens is 356 g/mol. The van der Waals surface area contributed by atoms with Gasteiger partial charge in [-0.1, -0.05) is 12.1 Å². The number of rotatable bonds is 5. The predicted octanol–water partition coefficient (Wildman–Crippen LogP) is 0.925. The van der Waals surface area contributed by atoms with Gasteiger partial charge in [-0.2, -0.15) is 0 Å². The van der Waals surface area contributed by atoms with Gasteiger partial charge in [-0.15, -0.1) is 0 Å². The minimum absolute atomic E-state index is 0.118. The van der Waals surface area contributed by atoms with E-state index in [1.165, 1.54) is 0 Å². The fourth-order valence-corrected chi connectivity index (χ4v) is 4.66. The first-order chi connectivity index (χ1) is 13.3. The molecule has 3 aliphatic heterocycles. The van der Waals surface area contributed by atoms with E-state index in [-0.39, 0.29) is 29.7 Å². The average Bonchev–Trinajstić information content (AvgIpc) is 3.15. The Bertz CT molecular complexity index is 820. The molecule has 3 aliphatic rings. The zero-order chi connectivity index (χ0) is 19.9. The highest BCUT2D eigenvalue weighted by Gasteiger charge is 2.39. The number of carbonyl (C=O) groups is 3. The lowest BCUT2D eigenvalue weighted by molar-refractivity contribution is -0.136. The molecule has 0 aromatic heterocycles. The van der Waals surface area contributed by atoms with Crippen molar-refractivity contribution >= 4 is 17.7 Å². The third kappa shape index (κ3) is 3.69. The first-order valence-electron chi connectivity index (χ1n) is 10.1. The Morgan fingerprint density at radius 3 is 2.79 bits per heavy atom. The van der Waals surface area contributed by atoms with Crippen LogP contribution in [-0.2, 0) is 22.7 Å². The summed E-state index contributed by atoms with van der Waals surface area (Å²) in [6.45, 7) is 7.55. The Kier molecular flexibility index (Phi) is 4.97. The summed E-state index contributed by atoms with van der Waals surface area (Å²) in [6, 6.07) is 5.22. The molecule has 28 heavy (non-hydrogen) atoms. The van der Waals surface area contributed by atoms with E-state index in [1.54, 1.807) is 4.90 Å². The molecule has 1 aromatic rings. The highest BCUT2D eigenvalue weighted by molar-refractivity contribution is 6.05. The lowest BCUT2D eigenvalue weighted by Crippen LogP contribution is -2.52. The maximum absolute atomic E-state index is 12.9. The number of hydrogen-bond acceptors (Lipinski definition) is 5. The molecule has 0 radical (unpaired) electrons. The fourth-order valence-electron chi connectivity index (χ4n) is 4.66. The number of benzene rings is 1. The number of piperidine rings is 1. The summed E-state index contributed by atoms with van der Waals surface area (Å²) >= 11 is 0. The Hall–Kier alpha value is -2.25. The van der Waals surface area contributed by atoms with Crippen molar-refractivity contribution in [1.82, 2.24) is 20.9 Å². The van der Waals surface area contributed by atoms with Gasteiger partial charge < -0.3 is 15.5 Å². The largest absolute Gasteiger partial charge is 0.322 e. The molecule has 0 aliphatic carbocycles. The maximum Gasteiger partial charge on any atom is 0.255 e. The molecular formula is C21H28N4O3. The summed E-state index contributed by atoms with van der Waals surface area (Å²) in [4.78, 5) is 38.1.